The molecule has 3 rings (SSSR count). The minimum absolute atomic E-state index is 0.487. The minimum atomic E-state index is -0.487. The van der Waals surface area contributed by atoms with Gasteiger partial charge in [0.2, 0.25) is 0 Å². The molecule has 0 amide bonds. The molecular formula is C10H5ClN2O2. The second-order valence-corrected chi connectivity index (χ2v) is 3.61. The molecule has 0 aliphatic carbocycles. The molecule has 74 valence electrons. The number of benzene rings is 1. The normalized spacial score (nSPS) is 11.3. The molecule has 0 aliphatic heterocycles. The van der Waals surface area contributed by atoms with Crippen molar-refractivity contribution in [2.75, 3.05) is 0 Å². The third-order valence-corrected chi connectivity index (χ3v) is 2.45. The molecule has 0 bridgehead atoms. The molecule has 1 N–H and O–H groups in total. The van der Waals surface area contributed by atoms with Crippen LogP contribution in [0.25, 0.3) is 22.0 Å². The quantitative estimate of drug-likeness (QED) is 0.633. The van der Waals surface area contributed by atoms with Crippen LogP contribution < -0.4 is 5.76 Å². The molecule has 0 radical (unpaired) electrons. The number of H-pyrrole nitrogens is 1. The average Bonchev–Trinajstić information content (AvgIpc) is 2.58. The summed E-state index contributed by atoms with van der Waals surface area (Å²) in [5, 5.41) is 1.32. The lowest BCUT2D eigenvalue weighted by Crippen LogP contribution is -1.92. The summed E-state index contributed by atoms with van der Waals surface area (Å²) in [5.41, 5.74) is 1.82. The van der Waals surface area contributed by atoms with E-state index < -0.39 is 5.76 Å². The van der Waals surface area contributed by atoms with E-state index in [0.29, 0.717) is 16.1 Å². The first-order valence-corrected chi connectivity index (χ1v) is 4.69. The maximum atomic E-state index is 11.0. The van der Waals surface area contributed by atoms with Crippen molar-refractivity contribution in [2.24, 2.45) is 0 Å². The van der Waals surface area contributed by atoms with Crippen molar-refractivity contribution in [3.63, 3.8) is 0 Å². The Morgan fingerprint density at radius 2 is 2.27 bits per heavy atom. The highest BCUT2D eigenvalue weighted by Gasteiger charge is 2.07. The van der Waals surface area contributed by atoms with Crippen LogP contribution in [0.4, 0.5) is 0 Å². The first kappa shape index (κ1) is 8.49. The molecule has 1 aromatic carbocycles. The van der Waals surface area contributed by atoms with E-state index in [4.69, 9.17) is 16.0 Å². The molecule has 0 atom stereocenters. The summed E-state index contributed by atoms with van der Waals surface area (Å²) in [6.45, 7) is 0. The number of hydrogen-bond donors (Lipinski definition) is 1. The van der Waals surface area contributed by atoms with Gasteiger partial charge in [-0.25, -0.2) is 4.79 Å². The van der Waals surface area contributed by atoms with Crippen LogP contribution >= 0.6 is 11.6 Å². The lowest BCUT2D eigenvalue weighted by Gasteiger charge is -1.97. The summed E-state index contributed by atoms with van der Waals surface area (Å²) in [6, 6.07) is 5.25. The highest BCUT2D eigenvalue weighted by Crippen LogP contribution is 2.24. The molecule has 3 aromatic rings. The summed E-state index contributed by atoms with van der Waals surface area (Å²) in [7, 11) is 0. The molecular weight excluding hydrogens is 216 g/mol. The number of nitrogens with zero attached hydrogens (tertiary/aromatic N) is 1. The minimum Gasteiger partial charge on any atom is -0.407 e. The number of aromatic amines is 1. The highest BCUT2D eigenvalue weighted by atomic mass is 35.5. The van der Waals surface area contributed by atoms with Crippen LogP contribution in [0.1, 0.15) is 0 Å². The molecule has 0 saturated heterocycles. The fourth-order valence-corrected chi connectivity index (χ4v) is 1.74. The molecule has 15 heavy (non-hydrogen) atoms. The van der Waals surface area contributed by atoms with Crippen molar-refractivity contribution in [3.05, 3.63) is 40.0 Å². The molecule has 0 fully saturated rings. The molecule has 0 saturated carbocycles. The zero-order valence-electron chi connectivity index (χ0n) is 7.45. The van der Waals surface area contributed by atoms with Crippen LogP contribution in [0.15, 0.2) is 33.6 Å². The number of aromatic nitrogens is 2. The van der Waals surface area contributed by atoms with E-state index >= 15 is 0 Å². The first-order valence-electron chi connectivity index (χ1n) is 4.31. The Hall–Kier alpha value is -1.81. The molecule has 0 unspecified atom stereocenters. The van der Waals surface area contributed by atoms with Crippen molar-refractivity contribution in [1.82, 2.24) is 9.97 Å². The second-order valence-electron chi connectivity index (χ2n) is 3.18. The number of pyridine rings is 1. The Kier molecular flexibility index (Phi) is 1.61. The maximum absolute atomic E-state index is 11.0. The van der Waals surface area contributed by atoms with E-state index in [9.17, 15) is 4.79 Å². The van der Waals surface area contributed by atoms with Crippen molar-refractivity contribution in [1.29, 1.82) is 0 Å². The zero-order valence-corrected chi connectivity index (χ0v) is 8.21. The van der Waals surface area contributed by atoms with Gasteiger partial charge < -0.3 is 4.42 Å². The number of rotatable bonds is 0. The molecule has 2 heterocycles. The van der Waals surface area contributed by atoms with Gasteiger partial charge in [-0.05, 0) is 18.2 Å². The molecule has 5 heteroatoms. The summed E-state index contributed by atoms with van der Waals surface area (Å²) in [6.07, 6.45) is 1.57. The van der Waals surface area contributed by atoms with Gasteiger partial charge in [0.05, 0.1) is 11.7 Å². The van der Waals surface area contributed by atoms with Crippen LogP contribution in [-0.4, -0.2) is 9.97 Å². The van der Waals surface area contributed by atoms with E-state index in [1.54, 1.807) is 24.4 Å². The Labute approximate surface area is 88.5 Å². The van der Waals surface area contributed by atoms with E-state index in [2.05, 4.69) is 9.97 Å². The smallest absolute Gasteiger partial charge is 0.407 e. The van der Waals surface area contributed by atoms with Crippen LogP contribution in [0.5, 0.6) is 0 Å². The third-order valence-electron chi connectivity index (χ3n) is 2.21. The first-order chi connectivity index (χ1) is 7.24. The van der Waals surface area contributed by atoms with Crippen molar-refractivity contribution < 1.29 is 4.42 Å². The van der Waals surface area contributed by atoms with Crippen molar-refractivity contribution in [2.45, 2.75) is 0 Å². The Balaban J connectivity index is 2.62. The third kappa shape index (κ3) is 1.22. The van der Waals surface area contributed by atoms with Crippen LogP contribution in [0.3, 0.4) is 0 Å². The zero-order chi connectivity index (χ0) is 10.4. The van der Waals surface area contributed by atoms with Gasteiger partial charge in [-0.3, -0.25) is 9.97 Å². The monoisotopic (exact) mass is 220 g/mol. The predicted molar refractivity (Wildman–Crippen MR) is 57.1 cm³/mol. The highest BCUT2D eigenvalue weighted by molar-refractivity contribution is 6.31. The number of hydrogen-bond acceptors (Lipinski definition) is 3. The lowest BCUT2D eigenvalue weighted by atomic mass is 10.2. The maximum Gasteiger partial charge on any atom is 0.417 e. The second kappa shape index (κ2) is 2.84. The number of oxazole rings is 1. The molecule has 2 aromatic heterocycles. The van der Waals surface area contributed by atoms with E-state index in [-0.39, 0.29) is 0 Å². The fourth-order valence-electron chi connectivity index (χ4n) is 1.57. The summed E-state index contributed by atoms with van der Waals surface area (Å²) in [5.74, 6) is -0.487. The SMILES string of the molecule is O=c1[nH]c2cnc3ccc(Cl)cc3c2o1. The standard InChI is InChI=1S/C10H5ClN2O2/c11-5-1-2-7-6(3-5)9-8(4-12-7)13-10(14)15-9/h1-4H,(H,13,14). The molecule has 0 aliphatic rings. The number of nitrogens with one attached hydrogen (secondary N) is 1. The number of fused-ring (bicyclic) bond motifs is 3. The predicted octanol–water partition coefficient (Wildman–Crippen LogP) is 2.32. The van der Waals surface area contributed by atoms with Gasteiger partial charge in [0.25, 0.3) is 0 Å². The van der Waals surface area contributed by atoms with E-state index in [0.717, 1.165) is 10.9 Å². The van der Waals surface area contributed by atoms with Crippen LogP contribution in [-0.2, 0) is 0 Å². The van der Waals surface area contributed by atoms with E-state index in [1.165, 1.54) is 0 Å². The summed E-state index contributed by atoms with van der Waals surface area (Å²) in [4.78, 5) is 17.8. The summed E-state index contributed by atoms with van der Waals surface area (Å²) < 4.78 is 5.03. The molecule has 0 spiro atoms. The Morgan fingerprint density at radius 1 is 1.40 bits per heavy atom. The van der Waals surface area contributed by atoms with Crippen molar-refractivity contribution in [3.8, 4) is 0 Å². The largest absolute Gasteiger partial charge is 0.417 e. The van der Waals surface area contributed by atoms with Crippen molar-refractivity contribution >= 4 is 33.6 Å². The molecule has 4 nitrogen and oxygen atoms in total. The van der Waals surface area contributed by atoms with Crippen LogP contribution in [0, 0.1) is 0 Å². The van der Waals surface area contributed by atoms with Gasteiger partial charge in [-0.1, -0.05) is 11.6 Å². The van der Waals surface area contributed by atoms with Gasteiger partial charge in [0, 0.05) is 10.4 Å². The van der Waals surface area contributed by atoms with Gasteiger partial charge in [-0.15, -0.1) is 0 Å². The van der Waals surface area contributed by atoms with Crippen LogP contribution in [0.2, 0.25) is 5.02 Å². The lowest BCUT2D eigenvalue weighted by molar-refractivity contribution is 0.558. The topological polar surface area (TPSA) is 58.9 Å². The Morgan fingerprint density at radius 3 is 3.13 bits per heavy atom. The van der Waals surface area contributed by atoms with Gasteiger partial charge in [0.15, 0.2) is 5.58 Å². The number of halogens is 1. The van der Waals surface area contributed by atoms with Gasteiger partial charge >= 0.3 is 5.76 Å². The Bertz CT molecular complexity index is 714. The van der Waals surface area contributed by atoms with Gasteiger partial charge in [-0.2, -0.15) is 0 Å². The summed E-state index contributed by atoms with van der Waals surface area (Å²) >= 11 is 5.87. The average molecular weight is 221 g/mol. The fraction of sp³-hybridized carbons (Fsp3) is 0. The van der Waals surface area contributed by atoms with Gasteiger partial charge in [0.1, 0.15) is 5.52 Å². The van der Waals surface area contributed by atoms with E-state index in [1.807, 2.05) is 0 Å².